The number of rotatable bonds is 4. The number of carbonyl (C=O) groups excluding carboxylic acids is 1. The van der Waals surface area contributed by atoms with Crippen LogP contribution in [0.3, 0.4) is 0 Å². The molecular weight excluding hydrogens is 329 g/mol. The van der Waals surface area contributed by atoms with Crippen LogP contribution in [-0.4, -0.2) is 33.3 Å². The number of benzene rings is 1. The number of halogens is 1. The van der Waals surface area contributed by atoms with Crippen molar-refractivity contribution in [3.05, 3.63) is 70.0 Å². The molecule has 1 amide bonds. The number of aromatic nitrogens is 2. The zero-order valence-electron chi connectivity index (χ0n) is 13.3. The zero-order valence-corrected chi connectivity index (χ0v) is 13.3. The fraction of sp³-hybridized carbons (Fsp3) is 0.235. The molecular formula is C17H16FN3O4. The number of amides is 1. The second-order valence-electron chi connectivity index (χ2n) is 5.58. The maximum atomic E-state index is 14.2. The minimum Gasteiger partial charge on any atom is -0.393 e. The average molecular weight is 345 g/mol. The molecule has 8 heteroatoms. The van der Waals surface area contributed by atoms with Gasteiger partial charge in [0.15, 0.2) is 17.9 Å². The number of aliphatic hydroxyl groups is 1. The minimum atomic E-state index is -0.871. The van der Waals surface area contributed by atoms with Crippen LogP contribution in [0.1, 0.15) is 22.1 Å². The van der Waals surface area contributed by atoms with Gasteiger partial charge >= 0.3 is 5.69 Å². The number of carbonyl (C=O) groups is 1. The van der Waals surface area contributed by atoms with Gasteiger partial charge in [-0.3, -0.25) is 9.36 Å². The third-order valence-corrected chi connectivity index (χ3v) is 3.71. The predicted molar refractivity (Wildman–Crippen MR) is 87.7 cm³/mol. The van der Waals surface area contributed by atoms with Crippen LogP contribution in [0.4, 0.5) is 10.2 Å². The van der Waals surface area contributed by atoms with E-state index in [0.29, 0.717) is 5.56 Å². The van der Waals surface area contributed by atoms with Crippen LogP contribution in [-0.2, 0) is 4.74 Å². The van der Waals surface area contributed by atoms with Gasteiger partial charge in [0.2, 0.25) is 0 Å². The molecule has 130 valence electrons. The Morgan fingerprint density at radius 2 is 2.08 bits per heavy atom. The molecule has 1 aromatic heterocycles. The van der Waals surface area contributed by atoms with E-state index >= 15 is 0 Å². The van der Waals surface area contributed by atoms with Crippen LogP contribution < -0.4 is 11.0 Å². The Balaban J connectivity index is 1.81. The lowest BCUT2D eigenvalue weighted by Crippen LogP contribution is -2.30. The van der Waals surface area contributed by atoms with E-state index in [1.807, 2.05) is 6.92 Å². The summed E-state index contributed by atoms with van der Waals surface area (Å²) in [6, 6.07) is 6.68. The normalized spacial score (nSPS) is 19.2. The summed E-state index contributed by atoms with van der Waals surface area (Å²) in [6.45, 7) is 1.63. The maximum absolute atomic E-state index is 14.2. The molecule has 1 aromatic carbocycles. The molecule has 0 saturated heterocycles. The molecule has 2 unspecified atom stereocenters. The number of ether oxygens (including phenoxy) is 1. The molecule has 2 N–H and O–H groups in total. The molecule has 1 aliphatic rings. The first-order valence-electron chi connectivity index (χ1n) is 7.59. The number of nitrogens with zero attached hydrogens (tertiary/aromatic N) is 2. The van der Waals surface area contributed by atoms with Crippen molar-refractivity contribution in [1.29, 1.82) is 0 Å². The summed E-state index contributed by atoms with van der Waals surface area (Å²) in [4.78, 5) is 27.8. The summed E-state index contributed by atoms with van der Waals surface area (Å²) >= 11 is 0. The van der Waals surface area contributed by atoms with E-state index in [0.717, 1.165) is 16.3 Å². The minimum absolute atomic E-state index is 0.248. The third kappa shape index (κ3) is 3.65. The van der Waals surface area contributed by atoms with Crippen LogP contribution in [0.2, 0.25) is 0 Å². The number of aryl methyl sites for hydroxylation is 1. The highest BCUT2D eigenvalue weighted by Gasteiger charge is 2.23. The lowest BCUT2D eigenvalue weighted by molar-refractivity contribution is -0.0106. The topological polar surface area (TPSA) is 93.5 Å². The van der Waals surface area contributed by atoms with E-state index in [1.165, 1.54) is 6.08 Å². The van der Waals surface area contributed by atoms with Gasteiger partial charge in [-0.25, -0.2) is 9.18 Å². The molecule has 0 radical (unpaired) electrons. The van der Waals surface area contributed by atoms with E-state index in [9.17, 15) is 14.0 Å². The molecule has 7 nitrogen and oxygen atoms in total. The molecule has 1 aliphatic heterocycles. The Morgan fingerprint density at radius 3 is 2.72 bits per heavy atom. The van der Waals surface area contributed by atoms with Gasteiger partial charge in [-0.1, -0.05) is 23.8 Å². The van der Waals surface area contributed by atoms with Gasteiger partial charge in [0, 0.05) is 5.56 Å². The van der Waals surface area contributed by atoms with E-state index in [1.54, 1.807) is 30.3 Å². The first-order chi connectivity index (χ1) is 12.0. The van der Waals surface area contributed by atoms with Crippen molar-refractivity contribution in [3.63, 3.8) is 0 Å². The van der Waals surface area contributed by atoms with Gasteiger partial charge in [0.05, 0.1) is 12.8 Å². The van der Waals surface area contributed by atoms with Crippen molar-refractivity contribution in [2.24, 2.45) is 0 Å². The van der Waals surface area contributed by atoms with Crippen molar-refractivity contribution < 1.29 is 19.0 Å². The van der Waals surface area contributed by atoms with Crippen LogP contribution in [0, 0.1) is 12.7 Å². The van der Waals surface area contributed by atoms with E-state index in [2.05, 4.69) is 10.3 Å². The van der Waals surface area contributed by atoms with Crippen LogP contribution >= 0.6 is 0 Å². The fourth-order valence-corrected chi connectivity index (χ4v) is 2.35. The summed E-state index contributed by atoms with van der Waals surface area (Å²) < 4.78 is 20.5. The second kappa shape index (κ2) is 6.96. The van der Waals surface area contributed by atoms with Crippen molar-refractivity contribution in [2.45, 2.75) is 19.3 Å². The molecule has 0 saturated carbocycles. The summed E-state index contributed by atoms with van der Waals surface area (Å²) in [5, 5.41) is 11.3. The molecule has 0 fully saturated rings. The lowest BCUT2D eigenvalue weighted by Gasteiger charge is -2.15. The molecule has 3 rings (SSSR count). The number of anilines is 1. The third-order valence-electron chi connectivity index (χ3n) is 3.71. The number of nitrogens with one attached hydrogen (secondary N) is 1. The monoisotopic (exact) mass is 345 g/mol. The van der Waals surface area contributed by atoms with Gasteiger partial charge in [-0.05, 0) is 25.1 Å². The van der Waals surface area contributed by atoms with Gasteiger partial charge in [0.1, 0.15) is 6.10 Å². The number of aliphatic hydroxyl groups excluding tert-OH is 1. The summed E-state index contributed by atoms with van der Waals surface area (Å²) in [5.41, 5.74) is 0.520. The molecule has 2 atom stereocenters. The van der Waals surface area contributed by atoms with E-state index in [4.69, 9.17) is 9.84 Å². The quantitative estimate of drug-likeness (QED) is 0.817. The maximum Gasteiger partial charge on any atom is 0.352 e. The zero-order chi connectivity index (χ0) is 18.0. The van der Waals surface area contributed by atoms with Gasteiger partial charge in [-0.2, -0.15) is 4.98 Å². The Kier molecular flexibility index (Phi) is 4.73. The standard InChI is InChI=1S/C17H16FN3O4/c1-10-2-4-11(5-3-10)16(23)19-15-13(18)8-21(17(24)20-15)14-7-6-12(9-22)25-14/h2-8,12,14,22H,9H2,1H3,(H,19,20,23,24). The number of hydrogen-bond donors (Lipinski definition) is 2. The van der Waals surface area contributed by atoms with E-state index < -0.39 is 35.6 Å². The molecule has 2 heterocycles. The van der Waals surface area contributed by atoms with Crippen LogP contribution in [0.15, 0.2) is 47.4 Å². The van der Waals surface area contributed by atoms with Crippen molar-refractivity contribution in [1.82, 2.24) is 9.55 Å². The summed E-state index contributed by atoms with van der Waals surface area (Å²) in [6.07, 6.45) is 2.60. The first-order valence-corrected chi connectivity index (χ1v) is 7.59. The fourth-order valence-electron chi connectivity index (χ4n) is 2.35. The molecule has 0 bridgehead atoms. The van der Waals surface area contributed by atoms with E-state index in [-0.39, 0.29) is 6.61 Å². The smallest absolute Gasteiger partial charge is 0.352 e. The highest BCUT2D eigenvalue weighted by molar-refractivity contribution is 6.03. The van der Waals surface area contributed by atoms with Gasteiger partial charge in [0.25, 0.3) is 5.91 Å². The van der Waals surface area contributed by atoms with Crippen LogP contribution in [0.25, 0.3) is 0 Å². The SMILES string of the molecule is Cc1ccc(C(=O)Nc2nc(=O)n(C3C=CC(CO)O3)cc2F)cc1. The molecule has 25 heavy (non-hydrogen) atoms. The second-order valence-corrected chi connectivity index (χ2v) is 5.58. The Labute approximate surface area is 142 Å². The highest BCUT2D eigenvalue weighted by atomic mass is 19.1. The molecule has 0 aliphatic carbocycles. The first kappa shape index (κ1) is 17.0. The van der Waals surface area contributed by atoms with Crippen molar-refractivity contribution in [2.75, 3.05) is 11.9 Å². The summed E-state index contributed by atoms with van der Waals surface area (Å²) in [7, 11) is 0. The van der Waals surface area contributed by atoms with Crippen LogP contribution in [0.5, 0.6) is 0 Å². The predicted octanol–water partition coefficient (Wildman–Crippen LogP) is 1.39. The lowest BCUT2D eigenvalue weighted by atomic mass is 10.1. The Bertz CT molecular complexity index is 876. The van der Waals surface area contributed by atoms with Crippen molar-refractivity contribution >= 4 is 11.7 Å². The molecule has 0 spiro atoms. The Hall–Kier alpha value is -2.84. The molecule has 2 aromatic rings. The largest absolute Gasteiger partial charge is 0.393 e. The number of hydrogen-bond acceptors (Lipinski definition) is 5. The Morgan fingerprint density at radius 1 is 1.36 bits per heavy atom. The summed E-state index contributed by atoms with van der Waals surface area (Å²) in [5.74, 6) is -1.89. The highest BCUT2D eigenvalue weighted by Crippen LogP contribution is 2.20. The van der Waals surface area contributed by atoms with Gasteiger partial charge in [-0.15, -0.1) is 0 Å². The average Bonchev–Trinajstić information content (AvgIpc) is 3.07. The van der Waals surface area contributed by atoms with Crippen molar-refractivity contribution in [3.8, 4) is 0 Å². The van der Waals surface area contributed by atoms with Gasteiger partial charge < -0.3 is 15.2 Å².